The molecule has 0 saturated heterocycles. The van der Waals surface area contributed by atoms with E-state index in [1.165, 1.54) is 0 Å². The molecule has 0 aliphatic carbocycles. The largest absolute Gasteiger partial charge is 0.442 e. The molecule has 1 aliphatic rings. The second-order valence-corrected chi connectivity index (χ2v) is 4.77. The normalized spacial score (nSPS) is 17.7. The van der Waals surface area contributed by atoms with E-state index in [4.69, 9.17) is 9.26 Å². The number of hydrogen-bond acceptors (Lipinski definition) is 4. The van der Waals surface area contributed by atoms with E-state index in [0.717, 1.165) is 18.4 Å². The van der Waals surface area contributed by atoms with Crippen LogP contribution in [0.5, 0.6) is 0 Å². The number of benzene rings is 1. The molecule has 0 spiro atoms. The highest BCUT2D eigenvalue weighted by molar-refractivity contribution is 5.13. The monoisotopic (exact) mass is 272 g/mol. The number of rotatable bonds is 4. The van der Waals surface area contributed by atoms with Crippen molar-refractivity contribution < 1.29 is 9.26 Å². The standard InChI is InChI=1S/C15H16N2O3/c18-15-17-13(8-4-5-9-14(17)16-20-15)11-19-10-12-6-2-1-3-7-12/h1-4,6-8,13H,5,9-11H2. The first-order valence-electron chi connectivity index (χ1n) is 6.70. The summed E-state index contributed by atoms with van der Waals surface area (Å²) in [4.78, 5) is 11.7. The van der Waals surface area contributed by atoms with E-state index in [-0.39, 0.29) is 6.04 Å². The summed E-state index contributed by atoms with van der Waals surface area (Å²) in [6, 6.07) is 9.81. The Labute approximate surface area is 116 Å². The molecule has 20 heavy (non-hydrogen) atoms. The van der Waals surface area contributed by atoms with Crippen molar-refractivity contribution >= 4 is 0 Å². The molecule has 1 atom stereocenters. The van der Waals surface area contributed by atoms with Crippen LogP contribution in [0.25, 0.3) is 0 Å². The van der Waals surface area contributed by atoms with Crippen LogP contribution in [0.1, 0.15) is 23.9 Å². The lowest BCUT2D eigenvalue weighted by molar-refractivity contribution is 0.0997. The van der Waals surface area contributed by atoms with Gasteiger partial charge in [0, 0.05) is 6.42 Å². The zero-order valence-corrected chi connectivity index (χ0v) is 11.1. The van der Waals surface area contributed by atoms with Gasteiger partial charge in [-0.2, -0.15) is 0 Å². The Morgan fingerprint density at radius 1 is 1.35 bits per heavy atom. The Balaban J connectivity index is 1.68. The van der Waals surface area contributed by atoms with Crippen LogP contribution in [-0.4, -0.2) is 16.3 Å². The SMILES string of the molecule is O=c1onc2n1C(COCc1ccccc1)C=CCC2. The van der Waals surface area contributed by atoms with E-state index < -0.39 is 5.76 Å². The summed E-state index contributed by atoms with van der Waals surface area (Å²) in [7, 11) is 0. The number of aryl methyl sites for hydroxylation is 1. The molecule has 1 aromatic carbocycles. The lowest BCUT2D eigenvalue weighted by atomic mass is 10.2. The fourth-order valence-electron chi connectivity index (χ4n) is 2.33. The maximum Gasteiger partial charge on any atom is 0.442 e. The fourth-order valence-corrected chi connectivity index (χ4v) is 2.33. The van der Waals surface area contributed by atoms with Crippen LogP contribution in [0.2, 0.25) is 0 Å². The zero-order chi connectivity index (χ0) is 13.8. The quantitative estimate of drug-likeness (QED) is 0.800. The molecule has 0 saturated carbocycles. The third kappa shape index (κ3) is 2.72. The molecule has 0 amide bonds. The van der Waals surface area contributed by atoms with Crippen molar-refractivity contribution in [2.75, 3.05) is 6.61 Å². The summed E-state index contributed by atoms with van der Waals surface area (Å²) < 4.78 is 12.0. The van der Waals surface area contributed by atoms with E-state index in [2.05, 4.69) is 11.2 Å². The second-order valence-electron chi connectivity index (χ2n) is 4.77. The van der Waals surface area contributed by atoms with E-state index in [9.17, 15) is 4.79 Å². The van der Waals surface area contributed by atoms with Gasteiger partial charge in [0.2, 0.25) is 0 Å². The first-order valence-corrected chi connectivity index (χ1v) is 6.70. The summed E-state index contributed by atoms with van der Waals surface area (Å²) in [5, 5.41) is 3.81. The van der Waals surface area contributed by atoms with E-state index in [0.29, 0.717) is 19.0 Å². The summed E-state index contributed by atoms with van der Waals surface area (Å²) in [6.45, 7) is 0.958. The Bertz CT molecular complexity index is 643. The van der Waals surface area contributed by atoms with Crippen LogP contribution in [0.3, 0.4) is 0 Å². The maximum atomic E-state index is 11.7. The van der Waals surface area contributed by atoms with Crippen LogP contribution in [0.4, 0.5) is 0 Å². The van der Waals surface area contributed by atoms with Gasteiger partial charge in [0.25, 0.3) is 0 Å². The van der Waals surface area contributed by atoms with Gasteiger partial charge in [-0.1, -0.05) is 47.6 Å². The highest BCUT2D eigenvalue weighted by Crippen LogP contribution is 2.16. The number of aromatic nitrogens is 2. The van der Waals surface area contributed by atoms with Crippen molar-refractivity contribution in [3.8, 4) is 0 Å². The van der Waals surface area contributed by atoms with E-state index >= 15 is 0 Å². The molecule has 0 fully saturated rings. The van der Waals surface area contributed by atoms with Crippen molar-refractivity contribution in [2.24, 2.45) is 0 Å². The summed E-state index contributed by atoms with van der Waals surface area (Å²) in [6.07, 6.45) is 5.63. The predicted octanol–water partition coefficient (Wildman–Crippen LogP) is 2.10. The third-order valence-electron chi connectivity index (χ3n) is 3.33. The summed E-state index contributed by atoms with van der Waals surface area (Å²) >= 11 is 0. The molecule has 0 radical (unpaired) electrons. The highest BCUT2D eigenvalue weighted by atomic mass is 16.5. The molecule has 3 rings (SSSR count). The van der Waals surface area contributed by atoms with Gasteiger partial charge in [0.15, 0.2) is 5.82 Å². The molecule has 1 aliphatic heterocycles. The van der Waals surface area contributed by atoms with Gasteiger partial charge in [0.1, 0.15) is 0 Å². The number of ether oxygens (including phenoxy) is 1. The van der Waals surface area contributed by atoms with Crippen molar-refractivity contribution in [2.45, 2.75) is 25.5 Å². The predicted molar refractivity (Wildman–Crippen MR) is 73.4 cm³/mol. The average Bonchev–Trinajstić information content (AvgIpc) is 2.71. The van der Waals surface area contributed by atoms with Crippen molar-refractivity contribution in [1.29, 1.82) is 0 Å². The minimum Gasteiger partial charge on any atom is -0.374 e. The molecular formula is C15H16N2O3. The molecule has 2 aromatic rings. The smallest absolute Gasteiger partial charge is 0.374 e. The van der Waals surface area contributed by atoms with Gasteiger partial charge in [-0.05, 0) is 12.0 Å². The zero-order valence-electron chi connectivity index (χ0n) is 11.1. The Morgan fingerprint density at radius 2 is 2.20 bits per heavy atom. The Morgan fingerprint density at radius 3 is 3.05 bits per heavy atom. The highest BCUT2D eigenvalue weighted by Gasteiger charge is 2.20. The molecule has 0 bridgehead atoms. The van der Waals surface area contributed by atoms with Crippen LogP contribution < -0.4 is 5.76 Å². The van der Waals surface area contributed by atoms with Gasteiger partial charge in [-0.3, -0.25) is 9.09 Å². The molecule has 5 heteroatoms. The second kappa shape index (κ2) is 5.88. The van der Waals surface area contributed by atoms with Crippen molar-refractivity contribution in [3.05, 3.63) is 64.4 Å². The number of nitrogens with zero attached hydrogens (tertiary/aromatic N) is 2. The maximum absolute atomic E-state index is 11.7. The Hall–Kier alpha value is -2.14. The van der Waals surface area contributed by atoms with Crippen LogP contribution >= 0.6 is 0 Å². The van der Waals surface area contributed by atoms with E-state index in [1.807, 2.05) is 36.4 Å². The van der Waals surface area contributed by atoms with Gasteiger partial charge in [0.05, 0.1) is 19.3 Å². The van der Waals surface area contributed by atoms with Crippen molar-refractivity contribution in [1.82, 2.24) is 9.72 Å². The average molecular weight is 272 g/mol. The molecule has 2 heterocycles. The first kappa shape index (κ1) is 12.9. The van der Waals surface area contributed by atoms with Crippen molar-refractivity contribution in [3.63, 3.8) is 0 Å². The number of fused-ring (bicyclic) bond motifs is 1. The van der Waals surface area contributed by atoms with Crippen LogP contribution in [0.15, 0.2) is 51.8 Å². The topological polar surface area (TPSA) is 57.3 Å². The number of allylic oxidation sites excluding steroid dienone is 1. The minimum atomic E-state index is -0.417. The lowest BCUT2D eigenvalue weighted by Gasteiger charge is -2.13. The molecule has 1 aromatic heterocycles. The molecular weight excluding hydrogens is 256 g/mol. The minimum absolute atomic E-state index is 0.144. The lowest BCUT2D eigenvalue weighted by Crippen LogP contribution is -2.24. The van der Waals surface area contributed by atoms with Gasteiger partial charge >= 0.3 is 5.76 Å². The van der Waals surface area contributed by atoms with Gasteiger partial charge in [-0.25, -0.2) is 4.79 Å². The number of hydrogen-bond donors (Lipinski definition) is 0. The van der Waals surface area contributed by atoms with Crippen LogP contribution in [-0.2, 0) is 17.8 Å². The fraction of sp³-hybridized carbons (Fsp3) is 0.333. The molecule has 5 nitrogen and oxygen atoms in total. The molecule has 1 unspecified atom stereocenters. The third-order valence-corrected chi connectivity index (χ3v) is 3.33. The Kier molecular flexibility index (Phi) is 3.78. The van der Waals surface area contributed by atoms with Crippen LogP contribution in [0, 0.1) is 0 Å². The summed E-state index contributed by atoms with van der Waals surface area (Å²) in [5.41, 5.74) is 1.11. The van der Waals surface area contributed by atoms with Gasteiger partial charge in [-0.15, -0.1) is 0 Å². The van der Waals surface area contributed by atoms with Gasteiger partial charge < -0.3 is 4.74 Å². The molecule has 104 valence electrons. The summed E-state index contributed by atoms with van der Waals surface area (Å²) in [5.74, 6) is 0.271. The first-order chi connectivity index (χ1) is 9.84. The van der Waals surface area contributed by atoms with E-state index in [1.54, 1.807) is 4.57 Å². The molecule has 0 N–H and O–H groups in total.